The highest BCUT2D eigenvalue weighted by atomic mass is 14.3. The van der Waals surface area contributed by atoms with Crippen LogP contribution in [0.25, 0.3) is 0 Å². The summed E-state index contributed by atoms with van der Waals surface area (Å²) in [5, 5.41) is 8.47. The quantitative estimate of drug-likeness (QED) is 0.422. The second kappa shape index (κ2) is 7.34. The molecule has 1 atom stereocenters. The lowest BCUT2D eigenvalue weighted by Crippen LogP contribution is -1.89. The van der Waals surface area contributed by atoms with Crippen molar-refractivity contribution in [1.82, 2.24) is 0 Å². The molecule has 0 aromatic heterocycles. The first-order chi connectivity index (χ1) is 5.31. The largest absolute Gasteiger partial charge is 0.198 e. The Labute approximate surface area is 69.7 Å². The van der Waals surface area contributed by atoms with Gasteiger partial charge in [-0.3, -0.25) is 0 Å². The Morgan fingerprint density at radius 1 is 1.45 bits per heavy atom. The van der Waals surface area contributed by atoms with E-state index in [0.29, 0.717) is 0 Å². The van der Waals surface area contributed by atoms with Crippen LogP contribution in [-0.4, -0.2) is 0 Å². The first-order valence-corrected chi connectivity index (χ1v) is 4.31. The SMILES string of the molecule is C=CCCCCCC(C)C#N. The van der Waals surface area contributed by atoms with E-state index in [-0.39, 0.29) is 5.92 Å². The molecule has 0 aliphatic heterocycles. The van der Waals surface area contributed by atoms with Crippen molar-refractivity contribution in [3.63, 3.8) is 0 Å². The van der Waals surface area contributed by atoms with Crippen molar-refractivity contribution in [2.45, 2.75) is 39.0 Å². The van der Waals surface area contributed by atoms with Gasteiger partial charge < -0.3 is 0 Å². The minimum Gasteiger partial charge on any atom is -0.198 e. The lowest BCUT2D eigenvalue weighted by Gasteiger charge is -2.00. The van der Waals surface area contributed by atoms with Crippen LogP contribution in [0.2, 0.25) is 0 Å². The Bertz CT molecular complexity index is 132. The van der Waals surface area contributed by atoms with Crippen LogP contribution >= 0.6 is 0 Å². The molecule has 0 heterocycles. The zero-order valence-electron chi connectivity index (χ0n) is 7.34. The smallest absolute Gasteiger partial charge is 0.0652 e. The van der Waals surface area contributed by atoms with E-state index in [0.717, 1.165) is 12.8 Å². The number of rotatable bonds is 6. The highest BCUT2D eigenvalue weighted by molar-refractivity contribution is 4.78. The second-order valence-electron chi connectivity index (χ2n) is 2.96. The summed E-state index contributed by atoms with van der Waals surface area (Å²) in [7, 11) is 0. The third-order valence-corrected chi connectivity index (χ3v) is 1.77. The van der Waals surface area contributed by atoms with Crippen molar-refractivity contribution in [3.8, 4) is 6.07 Å². The Hall–Kier alpha value is -0.770. The zero-order chi connectivity index (χ0) is 8.53. The molecule has 0 saturated carbocycles. The van der Waals surface area contributed by atoms with Gasteiger partial charge in [0.1, 0.15) is 0 Å². The van der Waals surface area contributed by atoms with Crippen LogP contribution in [-0.2, 0) is 0 Å². The van der Waals surface area contributed by atoms with Gasteiger partial charge in [-0.25, -0.2) is 0 Å². The van der Waals surface area contributed by atoms with E-state index in [1.165, 1.54) is 19.3 Å². The Morgan fingerprint density at radius 3 is 2.73 bits per heavy atom. The molecule has 0 rings (SSSR count). The molecule has 0 aliphatic carbocycles. The van der Waals surface area contributed by atoms with Crippen molar-refractivity contribution in [3.05, 3.63) is 12.7 Å². The van der Waals surface area contributed by atoms with Crippen molar-refractivity contribution < 1.29 is 0 Å². The molecular formula is C10H17N. The van der Waals surface area contributed by atoms with Crippen LogP contribution in [0, 0.1) is 17.2 Å². The van der Waals surface area contributed by atoms with Crippen molar-refractivity contribution >= 4 is 0 Å². The molecule has 1 heteroatoms. The summed E-state index contributed by atoms with van der Waals surface area (Å²) in [4.78, 5) is 0. The molecule has 0 spiro atoms. The topological polar surface area (TPSA) is 23.8 Å². The number of hydrogen-bond acceptors (Lipinski definition) is 1. The van der Waals surface area contributed by atoms with Gasteiger partial charge in [0.2, 0.25) is 0 Å². The summed E-state index contributed by atoms with van der Waals surface area (Å²) in [5.41, 5.74) is 0. The fraction of sp³-hybridized carbons (Fsp3) is 0.700. The maximum Gasteiger partial charge on any atom is 0.0652 e. The van der Waals surface area contributed by atoms with Crippen LogP contribution in [0.4, 0.5) is 0 Å². The lowest BCUT2D eigenvalue weighted by atomic mass is 10.0. The first-order valence-electron chi connectivity index (χ1n) is 4.31. The molecule has 1 unspecified atom stereocenters. The highest BCUT2D eigenvalue weighted by Crippen LogP contribution is 2.09. The average molecular weight is 151 g/mol. The van der Waals surface area contributed by atoms with Gasteiger partial charge in [-0.2, -0.15) is 5.26 Å². The molecule has 62 valence electrons. The maximum atomic E-state index is 8.47. The van der Waals surface area contributed by atoms with E-state index < -0.39 is 0 Å². The summed E-state index contributed by atoms with van der Waals surface area (Å²) >= 11 is 0. The van der Waals surface area contributed by atoms with Crippen molar-refractivity contribution in [2.24, 2.45) is 5.92 Å². The second-order valence-corrected chi connectivity index (χ2v) is 2.96. The molecule has 0 bridgehead atoms. The van der Waals surface area contributed by atoms with Crippen molar-refractivity contribution in [1.29, 1.82) is 5.26 Å². The van der Waals surface area contributed by atoms with Gasteiger partial charge in [0.25, 0.3) is 0 Å². The molecule has 0 saturated heterocycles. The normalized spacial score (nSPS) is 12.0. The third-order valence-electron chi connectivity index (χ3n) is 1.77. The molecular weight excluding hydrogens is 134 g/mol. The standard InChI is InChI=1S/C10H17N/c1-3-4-5-6-7-8-10(2)9-11/h3,10H,1,4-8H2,2H3. The van der Waals surface area contributed by atoms with Gasteiger partial charge in [0.15, 0.2) is 0 Å². The van der Waals surface area contributed by atoms with Gasteiger partial charge in [-0.05, 0) is 26.2 Å². The van der Waals surface area contributed by atoms with E-state index in [4.69, 9.17) is 5.26 Å². The van der Waals surface area contributed by atoms with Gasteiger partial charge in [-0.1, -0.05) is 18.9 Å². The number of nitrogens with zero attached hydrogens (tertiary/aromatic N) is 1. The van der Waals surface area contributed by atoms with Crippen LogP contribution in [0.1, 0.15) is 39.0 Å². The molecule has 0 fully saturated rings. The van der Waals surface area contributed by atoms with Crippen LogP contribution in [0.5, 0.6) is 0 Å². The molecule has 0 aromatic rings. The number of allylic oxidation sites excluding steroid dienone is 1. The van der Waals surface area contributed by atoms with E-state index in [9.17, 15) is 0 Å². The number of hydrogen-bond donors (Lipinski definition) is 0. The van der Waals surface area contributed by atoms with E-state index in [1.54, 1.807) is 0 Å². The van der Waals surface area contributed by atoms with E-state index >= 15 is 0 Å². The number of nitriles is 1. The van der Waals surface area contributed by atoms with Crippen molar-refractivity contribution in [2.75, 3.05) is 0 Å². The maximum absolute atomic E-state index is 8.47. The predicted octanol–water partition coefficient (Wildman–Crippen LogP) is 3.28. The summed E-state index contributed by atoms with van der Waals surface area (Å²) in [6.07, 6.45) is 7.75. The van der Waals surface area contributed by atoms with Crippen LogP contribution < -0.4 is 0 Å². The Morgan fingerprint density at radius 2 is 2.18 bits per heavy atom. The predicted molar refractivity (Wildman–Crippen MR) is 48.1 cm³/mol. The Balaban J connectivity index is 3.03. The van der Waals surface area contributed by atoms with E-state index in [1.807, 2.05) is 13.0 Å². The van der Waals surface area contributed by atoms with Gasteiger partial charge >= 0.3 is 0 Å². The minimum atomic E-state index is 0.235. The first kappa shape index (κ1) is 10.2. The zero-order valence-corrected chi connectivity index (χ0v) is 7.34. The molecule has 0 radical (unpaired) electrons. The fourth-order valence-electron chi connectivity index (χ4n) is 0.981. The van der Waals surface area contributed by atoms with E-state index in [2.05, 4.69) is 12.6 Å². The fourth-order valence-corrected chi connectivity index (χ4v) is 0.981. The lowest BCUT2D eigenvalue weighted by molar-refractivity contribution is 0.575. The van der Waals surface area contributed by atoms with Gasteiger partial charge in [0, 0.05) is 5.92 Å². The molecule has 1 nitrogen and oxygen atoms in total. The molecule has 0 amide bonds. The van der Waals surface area contributed by atoms with Crippen LogP contribution in [0.15, 0.2) is 12.7 Å². The average Bonchev–Trinajstić information content (AvgIpc) is 2.04. The Kier molecular flexibility index (Phi) is 6.82. The number of unbranched alkanes of at least 4 members (excludes halogenated alkanes) is 3. The summed E-state index contributed by atoms with van der Waals surface area (Å²) in [5.74, 6) is 0.235. The van der Waals surface area contributed by atoms with Gasteiger partial charge in [-0.15, -0.1) is 6.58 Å². The molecule has 11 heavy (non-hydrogen) atoms. The highest BCUT2D eigenvalue weighted by Gasteiger charge is 1.97. The molecule has 0 N–H and O–H groups in total. The summed E-state index contributed by atoms with van der Waals surface area (Å²) < 4.78 is 0. The third kappa shape index (κ3) is 7.12. The monoisotopic (exact) mass is 151 g/mol. The van der Waals surface area contributed by atoms with Crippen LogP contribution in [0.3, 0.4) is 0 Å². The summed E-state index contributed by atoms with van der Waals surface area (Å²) in [6, 6.07) is 2.24. The summed E-state index contributed by atoms with van der Waals surface area (Å²) in [6.45, 7) is 5.64. The van der Waals surface area contributed by atoms with Gasteiger partial charge in [0.05, 0.1) is 6.07 Å². The minimum absolute atomic E-state index is 0.235. The molecule has 0 aliphatic rings. The molecule has 0 aromatic carbocycles.